The van der Waals surface area contributed by atoms with E-state index in [2.05, 4.69) is 11.8 Å². The second-order valence-corrected chi connectivity index (χ2v) is 12.1. The van der Waals surface area contributed by atoms with Gasteiger partial charge in [0, 0.05) is 24.2 Å². The lowest BCUT2D eigenvalue weighted by atomic mass is 9.72. The number of cyclic esters (lactones) is 1. The van der Waals surface area contributed by atoms with E-state index in [1.54, 1.807) is 6.07 Å². The molecule has 2 saturated heterocycles. The third-order valence-corrected chi connectivity index (χ3v) is 8.95. The van der Waals surface area contributed by atoms with Gasteiger partial charge in [0.25, 0.3) is 0 Å². The Morgan fingerprint density at radius 3 is 2.11 bits per heavy atom. The minimum Gasteiger partial charge on any atom is -0.507 e. The van der Waals surface area contributed by atoms with E-state index in [4.69, 9.17) is 9.72 Å². The summed E-state index contributed by atoms with van der Waals surface area (Å²) < 4.78 is 86.7. The number of nitrogens with zero attached hydrogens (tertiary/aromatic N) is 3. The molecule has 3 heterocycles. The van der Waals surface area contributed by atoms with Gasteiger partial charge in [-0.3, -0.25) is 4.90 Å². The van der Waals surface area contributed by atoms with E-state index in [0.717, 1.165) is 37.9 Å². The van der Waals surface area contributed by atoms with Gasteiger partial charge in [-0.2, -0.15) is 26.3 Å². The van der Waals surface area contributed by atoms with E-state index in [1.165, 1.54) is 11.8 Å². The maximum atomic E-state index is 13.5. The van der Waals surface area contributed by atoms with Crippen LogP contribution in [0.15, 0.2) is 48.5 Å². The quantitative estimate of drug-likeness (QED) is 0.281. The highest BCUT2D eigenvalue weighted by Gasteiger charge is 2.43. The first kappa shape index (κ1) is 30.1. The molecule has 1 amide bonds. The van der Waals surface area contributed by atoms with Crippen molar-refractivity contribution in [3.8, 4) is 16.9 Å². The minimum absolute atomic E-state index is 0.0273. The number of aromatic nitrogens is 1. The molecular weight excluding hydrogens is 588 g/mol. The lowest BCUT2D eigenvalue weighted by Gasteiger charge is -2.34. The monoisotopic (exact) mass is 619 g/mol. The zero-order valence-electron chi connectivity index (χ0n) is 24.0. The van der Waals surface area contributed by atoms with Crippen molar-refractivity contribution in [1.29, 1.82) is 0 Å². The third-order valence-electron chi connectivity index (χ3n) is 8.95. The Kier molecular flexibility index (Phi) is 7.44. The highest BCUT2D eigenvalue weighted by molar-refractivity contribution is 5.76. The average molecular weight is 620 g/mol. The molecule has 2 atom stereocenters. The fourth-order valence-corrected chi connectivity index (χ4v) is 6.24. The van der Waals surface area contributed by atoms with Crippen LogP contribution in [0, 0.1) is 5.92 Å². The summed E-state index contributed by atoms with van der Waals surface area (Å²) in [5, 5.41) is 10.9. The summed E-state index contributed by atoms with van der Waals surface area (Å²) in [4.78, 5) is 21.3. The topological polar surface area (TPSA) is 65.9 Å². The average Bonchev–Trinajstić information content (AvgIpc) is 3.18. The van der Waals surface area contributed by atoms with Gasteiger partial charge in [0.1, 0.15) is 17.7 Å². The summed E-state index contributed by atoms with van der Waals surface area (Å²) in [6, 6.07) is 9.41. The number of phenolic OH excluding ortho intramolecular Hbond substituents is 1. The maximum Gasteiger partial charge on any atom is 0.416 e. The van der Waals surface area contributed by atoms with Gasteiger partial charge in [0.15, 0.2) is 0 Å². The van der Waals surface area contributed by atoms with E-state index in [0.29, 0.717) is 46.6 Å². The Morgan fingerprint density at radius 2 is 1.55 bits per heavy atom. The van der Waals surface area contributed by atoms with Crippen molar-refractivity contribution in [2.45, 2.75) is 70.1 Å². The number of hydrogen-bond acceptors (Lipinski definition) is 5. The van der Waals surface area contributed by atoms with Crippen molar-refractivity contribution in [3.63, 3.8) is 0 Å². The first-order chi connectivity index (χ1) is 20.7. The van der Waals surface area contributed by atoms with Crippen molar-refractivity contribution >= 4 is 11.9 Å². The molecule has 0 spiro atoms. The predicted molar refractivity (Wildman–Crippen MR) is 150 cm³/mol. The van der Waals surface area contributed by atoms with E-state index >= 15 is 0 Å². The molecular formula is C32H31F6N3O3. The zero-order valence-corrected chi connectivity index (χ0v) is 24.0. The van der Waals surface area contributed by atoms with Crippen molar-refractivity contribution < 1.29 is 41.0 Å². The van der Waals surface area contributed by atoms with E-state index < -0.39 is 47.3 Å². The molecule has 0 radical (unpaired) electrons. The molecule has 3 fully saturated rings. The Balaban J connectivity index is 1.36. The van der Waals surface area contributed by atoms with Crippen LogP contribution in [0.3, 0.4) is 0 Å². The summed E-state index contributed by atoms with van der Waals surface area (Å²) in [6.45, 7) is 5.16. The number of pyridine rings is 1. The highest BCUT2D eigenvalue weighted by Crippen LogP contribution is 2.45. The molecule has 0 bridgehead atoms. The molecule has 3 aliphatic rings. The molecule has 6 nitrogen and oxygen atoms in total. The number of rotatable bonds is 6. The maximum absolute atomic E-state index is 13.5. The van der Waals surface area contributed by atoms with Gasteiger partial charge in [-0.1, -0.05) is 13.0 Å². The lowest BCUT2D eigenvalue weighted by Crippen LogP contribution is -2.38. The van der Waals surface area contributed by atoms with Crippen LogP contribution in [0.1, 0.15) is 73.1 Å². The first-order valence-corrected chi connectivity index (χ1v) is 14.5. The molecule has 1 saturated carbocycles. The second-order valence-electron chi connectivity index (χ2n) is 12.1. The number of aromatic hydroxyl groups is 1. The number of hydrogen-bond donors (Lipinski definition) is 1. The Hall–Kier alpha value is -3.96. The number of ether oxygens (including phenoxy) is 1. The number of carbonyl (C=O) groups excluding carboxylic acids is 1. The molecule has 234 valence electrons. The molecule has 2 aromatic carbocycles. The largest absolute Gasteiger partial charge is 0.507 e. The molecule has 1 N–H and O–H groups in total. The molecule has 44 heavy (non-hydrogen) atoms. The van der Waals surface area contributed by atoms with Gasteiger partial charge in [-0.25, -0.2) is 9.78 Å². The summed E-state index contributed by atoms with van der Waals surface area (Å²) in [6.07, 6.45) is -9.28. The van der Waals surface area contributed by atoms with Crippen LogP contribution in [-0.4, -0.2) is 40.2 Å². The number of phenols is 1. The summed E-state index contributed by atoms with van der Waals surface area (Å²) in [5.41, 5.74) is -0.760. The summed E-state index contributed by atoms with van der Waals surface area (Å²) in [5.74, 6) is 1.68. The van der Waals surface area contributed by atoms with Crippen LogP contribution >= 0.6 is 0 Å². The molecule has 12 heteroatoms. The number of benzene rings is 2. The number of halogens is 6. The van der Waals surface area contributed by atoms with Crippen molar-refractivity contribution in [3.05, 3.63) is 76.5 Å². The lowest BCUT2D eigenvalue weighted by molar-refractivity contribution is -0.143. The molecule has 2 aliphatic heterocycles. The van der Waals surface area contributed by atoms with Gasteiger partial charge >= 0.3 is 18.4 Å². The highest BCUT2D eigenvalue weighted by atomic mass is 19.4. The Morgan fingerprint density at radius 1 is 0.886 bits per heavy atom. The van der Waals surface area contributed by atoms with Gasteiger partial charge in [-0.05, 0) is 91.6 Å². The summed E-state index contributed by atoms with van der Waals surface area (Å²) in [7, 11) is 0. The van der Waals surface area contributed by atoms with Crippen LogP contribution in [0.2, 0.25) is 0 Å². The molecule has 3 aromatic rings. The Labute approximate surface area is 250 Å². The smallest absolute Gasteiger partial charge is 0.416 e. The normalized spacial score (nSPS) is 23.8. The van der Waals surface area contributed by atoms with Crippen LogP contribution in [-0.2, 0) is 23.6 Å². The number of carbonyl (C=O) groups is 1. The molecule has 1 aliphatic carbocycles. The molecule has 2 unspecified atom stereocenters. The number of amides is 1. The predicted octanol–water partition coefficient (Wildman–Crippen LogP) is 8.30. The van der Waals surface area contributed by atoms with E-state index in [1.807, 2.05) is 24.3 Å². The van der Waals surface area contributed by atoms with Gasteiger partial charge in [0.2, 0.25) is 0 Å². The van der Waals surface area contributed by atoms with Gasteiger partial charge in [-0.15, -0.1) is 0 Å². The number of anilines is 1. The fraction of sp³-hybridized carbons (Fsp3) is 0.438. The van der Waals surface area contributed by atoms with Crippen molar-refractivity contribution in [2.24, 2.45) is 5.92 Å². The minimum atomic E-state index is -5.04. The van der Waals surface area contributed by atoms with Crippen LogP contribution < -0.4 is 4.90 Å². The van der Waals surface area contributed by atoms with E-state index in [-0.39, 0.29) is 18.4 Å². The zero-order chi connectivity index (χ0) is 31.6. The Bertz CT molecular complexity index is 1550. The summed E-state index contributed by atoms with van der Waals surface area (Å²) >= 11 is 0. The molecule has 6 rings (SSSR count). The molecule has 1 aromatic heterocycles. The number of alkyl halides is 6. The van der Waals surface area contributed by atoms with Crippen LogP contribution in [0.25, 0.3) is 11.1 Å². The van der Waals surface area contributed by atoms with Crippen LogP contribution in [0.5, 0.6) is 5.75 Å². The van der Waals surface area contributed by atoms with Crippen molar-refractivity contribution in [1.82, 2.24) is 9.88 Å². The third kappa shape index (κ3) is 5.66. The second kappa shape index (κ2) is 10.9. The standard InChI is InChI=1S/C32H31F6N3O3/c1-17-10-20(11-17)19-4-6-27(42)25(14-19)24-5-7-28(40-8-3-9-40)39-26(24)16-41-18(2)29(44-30(41)43)21-12-22(31(33,34)35)15-23(13-21)32(36,37)38/h4-7,12-15,17-18,20,29,42H,3,8-11,16H2,1-2H3. The van der Waals surface area contributed by atoms with Crippen molar-refractivity contribution in [2.75, 3.05) is 18.0 Å². The van der Waals surface area contributed by atoms with Gasteiger partial charge in [0.05, 0.1) is 29.4 Å². The van der Waals surface area contributed by atoms with E-state index in [9.17, 15) is 36.2 Å². The fourth-order valence-electron chi connectivity index (χ4n) is 6.24. The SMILES string of the molecule is CC1CC(c2ccc(O)c(-c3ccc(N4CCC4)nc3CN3C(=O)OC(c4cc(C(F)(F)F)cc(C(F)(F)F)c4)C3C)c2)C1. The first-order valence-electron chi connectivity index (χ1n) is 14.5. The van der Waals surface area contributed by atoms with Crippen LogP contribution in [0.4, 0.5) is 37.0 Å². The van der Waals surface area contributed by atoms with Gasteiger partial charge < -0.3 is 14.7 Å².